The van der Waals surface area contributed by atoms with Gasteiger partial charge in [0.25, 0.3) is 0 Å². The molecule has 1 heterocycles. The quantitative estimate of drug-likeness (QED) is 0.162. The molecule has 0 aliphatic rings. The van der Waals surface area contributed by atoms with E-state index in [1.807, 2.05) is 18.3 Å². The van der Waals surface area contributed by atoms with Crippen molar-refractivity contribution in [3.63, 3.8) is 0 Å². The number of anilines is 1. The molecule has 0 radical (unpaired) electrons. The molecule has 4 aromatic carbocycles. The van der Waals surface area contributed by atoms with Crippen LogP contribution < -0.4 is 9.88 Å². The van der Waals surface area contributed by atoms with Gasteiger partial charge < -0.3 is 25.8 Å². The fourth-order valence-electron chi connectivity index (χ4n) is 4.05. The Hall–Kier alpha value is -3.26. The molecule has 206 valence electrons. The Balaban J connectivity index is 0.000000712. The summed E-state index contributed by atoms with van der Waals surface area (Å²) in [5.41, 5.74) is 5.33. The van der Waals surface area contributed by atoms with E-state index in [0.717, 1.165) is 16.9 Å². The van der Waals surface area contributed by atoms with Crippen LogP contribution >= 0.6 is 0 Å². The molecular weight excluding hydrogens is 528 g/mol. The van der Waals surface area contributed by atoms with Crippen LogP contribution in [0, 0.1) is 0 Å². The molecule has 0 aliphatic heterocycles. The van der Waals surface area contributed by atoms with E-state index in [1.54, 1.807) is 48.5 Å². The van der Waals surface area contributed by atoms with Crippen LogP contribution in [0.2, 0.25) is 0 Å². The Morgan fingerprint density at radius 1 is 0.625 bits per heavy atom. The van der Waals surface area contributed by atoms with Gasteiger partial charge in [0.15, 0.2) is 0 Å². The Morgan fingerprint density at radius 2 is 1.12 bits per heavy atom. The summed E-state index contributed by atoms with van der Waals surface area (Å²) in [7, 11) is 14.7. The van der Waals surface area contributed by atoms with Gasteiger partial charge in [-0.15, -0.1) is 5.69 Å². The molecule has 0 saturated heterocycles. The summed E-state index contributed by atoms with van der Waals surface area (Å²) in [4.78, 5) is 11.4. The third-order valence-corrected chi connectivity index (χ3v) is 5.46. The third kappa shape index (κ3) is 9.44. The zero-order valence-corrected chi connectivity index (χ0v) is 26.5. The monoisotopic (exact) mass is 568 g/mol. The van der Waals surface area contributed by atoms with Crippen molar-refractivity contribution in [3.05, 3.63) is 113 Å². The van der Waals surface area contributed by atoms with E-state index in [0.29, 0.717) is 0 Å². The standard InChI is InChI=1S/C27H22N3.3C2H6N.Ti/c1-30(2)25-16-14-20-9-4-6-12-23(20)27(25)26-22-11-5-3-8-19(22)13-15-24(26)29-18-21-10-7-17-28-21;3*1-3-2;/h3-18H,1-2H3;3*1-2H3;/q4*-1;+4. The summed E-state index contributed by atoms with van der Waals surface area (Å²) in [6.07, 6.45) is 3.63. The van der Waals surface area contributed by atoms with E-state index < -0.39 is 0 Å². The smallest absolute Gasteiger partial charge is 0.668 e. The second kappa shape index (κ2) is 18.9. The van der Waals surface area contributed by atoms with Gasteiger partial charge in [-0.25, -0.2) is 0 Å². The summed E-state index contributed by atoms with van der Waals surface area (Å²) in [5.74, 6) is 0. The molecular formula is C33H40N6Ti. The van der Waals surface area contributed by atoms with Gasteiger partial charge in [0.1, 0.15) is 0 Å². The van der Waals surface area contributed by atoms with Crippen LogP contribution in [0.5, 0.6) is 0 Å². The minimum Gasteiger partial charge on any atom is -0.668 e. The van der Waals surface area contributed by atoms with E-state index in [1.165, 1.54) is 32.8 Å². The zero-order chi connectivity index (χ0) is 28.6. The topological polar surface area (TPSA) is 72.0 Å². The van der Waals surface area contributed by atoms with Crippen LogP contribution in [-0.2, 0) is 21.7 Å². The predicted octanol–water partition coefficient (Wildman–Crippen LogP) is 8.29. The van der Waals surface area contributed by atoms with Crippen molar-refractivity contribution in [1.82, 2.24) is 4.98 Å². The third-order valence-electron chi connectivity index (χ3n) is 5.46. The average molecular weight is 569 g/mol. The van der Waals surface area contributed by atoms with Gasteiger partial charge in [0, 0.05) is 37.1 Å². The molecule has 0 aliphatic carbocycles. The average Bonchev–Trinajstić information content (AvgIpc) is 3.46. The Labute approximate surface area is 255 Å². The first kappa shape index (κ1) is 34.8. The summed E-state index contributed by atoms with van der Waals surface area (Å²) < 4.78 is 0. The number of aromatic nitrogens is 1. The molecule has 0 N–H and O–H groups in total. The zero-order valence-electron chi connectivity index (χ0n) is 24.9. The molecule has 5 rings (SSSR count). The van der Waals surface area contributed by atoms with Crippen molar-refractivity contribution in [2.75, 3.05) is 61.3 Å². The van der Waals surface area contributed by atoms with Gasteiger partial charge in [0.05, 0.1) is 5.69 Å². The molecule has 1 aromatic heterocycles. The molecule has 6 nitrogen and oxygen atoms in total. The van der Waals surface area contributed by atoms with E-state index in [9.17, 15) is 0 Å². The fraction of sp³-hybridized carbons (Fsp3) is 0.242. The van der Waals surface area contributed by atoms with Crippen LogP contribution in [0.4, 0.5) is 11.4 Å². The van der Waals surface area contributed by atoms with Crippen LogP contribution in [0.3, 0.4) is 0 Å². The number of nitrogens with zero attached hydrogens (tertiary/aromatic N) is 6. The molecule has 0 unspecified atom stereocenters. The summed E-state index contributed by atoms with van der Waals surface area (Å²) >= 11 is 0. The summed E-state index contributed by atoms with van der Waals surface area (Å²) in [5, 5.41) is 15.3. The molecule has 0 fully saturated rings. The molecule has 0 bridgehead atoms. The van der Waals surface area contributed by atoms with Crippen LogP contribution in [0.1, 0.15) is 5.69 Å². The first-order valence-electron chi connectivity index (χ1n) is 12.7. The van der Waals surface area contributed by atoms with Crippen molar-refractivity contribution >= 4 is 39.1 Å². The minimum atomic E-state index is 0. The summed E-state index contributed by atoms with van der Waals surface area (Å²) in [6.45, 7) is 0. The molecule has 0 spiro atoms. The fourth-order valence-corrected chi connectivity index (χ4v) is 4.05. The number of aliphatic imine (C=N–C) groups is 1. The second-order valence-corrected chi connectivity index (χ2v) is 8.92. The minimum absolute atomic E-state index is 0. The molecule has 0 amide bonds. The van der Waals surface area contributed by atoms with Crippen molar-refractivity contribution in [2.24, 2.45) is 4.99 Å². The Morgan fingerprint density at radius 3 is 1.62 bits per heavy atom. The predicted molar refractivity (Wildman–Crippen MR) is 174 cm³/mol. The molecule has 40 heavy (non-hydrogen) atoms. The molecule has 5 aromatic rings. The maximum absolute atomic E-state index is 4.88. The number of hydrogen-bond donors (Lipinski definition) is 0. The van der Waals surface area contributed by atoms with Gasteiger partial charge in [-0.1, -0.05) is 72.8 Å². The van der Waals surface area contributed by atoms with Gasteiger partial charge in [-0.05, 0) is 33.7 Å². The van der Waals surface area contributed by atoms with E-state index in [2.05, 4.69) is 113 Å². The van der Waals surface area contributed by atoms with E-state index >= 15 is 0 Å². The van der Waals surface area contributed by atoms with E-state index in [-0.39, 0.29) is 21.7 Å². The van der Waals surface area contributed by atoms with Gasteiger partial charge in [-0.3, -0.25) is 4.99 Å². The van der Waals surface area contributed by atoms with Crippen molar-refractivity contribution in [1.29, 1.82) is 0 Å². The van der Waals surface area contributed by atoms with Crippen LogP contribution in [0.15, 0.2) is 96.1 Å². The normalized spacial score (nSPS) is 10.0. The van der Waals surface area contributed by atoms with E-state index in [4.69, 9.17) is 4.99 Å². The molecule has 7 heteroatoms. The molecule has 0 atom stereocenters. The Kier molecular flexibility index (Phi) is 16.5. The Bertz CT molecular complexity index is 1420. The molecule has 0 saturated carbocycles. The van der Waals surface area contributed by atoms with Crippen LogP contribution in [0.25, 0.3) is 48.6 Å². The van der Waals surface area contributed by atoms with Crippen molar-refractivity contribution < 1.29 is 21.7 Å². The first-order valence-corrected chi connectivity index (χ1v) is 12.7. The number of fused-ring (bicyclic) bond motifs is 2. The van der Waals surface area contributed by atoms with Crippen molar-refractivity contribution in [3.8, 4) is 11.1 Å². The number of rotatable bonds is 4. The van der Waals surface area contributed by atoms with Gasteiger partial charge in [-0.2, -0.15) is 48.5 Å². The van der Waals surface area contributed by atoms with Gasteiger partial charge in [0.2, 0.25) is 0 Å². The van der Waals surface area contributed by atoms with Crippen LogP contribution in [-0.4, -0.2) is 62.6 Å². The largest absolute Gasteiger partial charge is 4.00 e. The number of benzene rings is 4. The summed E-state index contributed by atoms with van der Waals surface area (Å²) in [6, 6.07) is 29.6. The maximum atomic E-state index is 4.88. The SMILES string of the molecule is CN(C)c1ccc2ccccc2c1-c1c(N=Cc2ccc[n-]2)ccc2ccccc12.C[N-]C.C[N-]C.C[N-]C.[Ti+4]. The second-order valence-electron chi connectivity index (χ2n) is 8.92. The maximum Gasteiger partial charge on any atom is 4.00 e. The van der Waals surface area contributed by atoms with Crippen molar-refractivity contribution in [2.45, 2.75) is 0 Å². The number of hydrogen-bond acceptors (Lipinski definition) is 2. The van der Waals surface area contributed by atoms with Gasteiger partial charge >= 0.3 is 21.7 Å². The first-order chi connectivity index (χ1) is 19.0.